The van der Waals surface area contributed by atoms with Gasteiger partial charge in [0.05, 0.1) is 0 Å². The number of aromatic hydroxyl groups is 1. The molecule has 37 heavy (non-hydrogen) atoms. The summed E-state index contributed by atoms with van der Waals surface area (Å²) >= 11 is 0. The highest BCUT2D eigenvalue weighted by atomic mass is 16.5. The van der Waals surface area contributed by atoms with Crippen LogP contribution in [0.4, 0.5) is 0 Å². The smallest absolute Gasteiger partial charge is 0.131 e. The molecule has 1 aliphatic heterocycles. The van der Waals surface area contributed by atoms with E-state index >= 15 is 0 Å². The third kappa shape index (κ3) is 8.52. The molecule has 1 N–H and O–H groups in total. The Morgan fingerprint density at radius 3 is 2.19 bits per heavy atom. The van der Waals surface area contributed by atoms with Crippen LogP contribution in [-0.4, -0.2) is 10.7 Å². The quantitative estimate of drug-likeness (QED) is 0.258. The Kier molecular flexibility index (Phi) is 11.0. The highest BCUT2D eigenvalue weighted by molar-refractivity contribution is 5.95. The fourth-order valence-electron chi connectivity index (χ4n) is 6.01. The molecule has 0 fully saturated rings. The van der Waals surface area contributed by atoms with Crippen LogP contribution in [0.5, 0.6) is 11.5 Å². The van der Waals surface area contributed by atoms with Crippen LogP contribution in [0.1, 0.15) is 123 Å². The van der Waals surface area contributed by atoms with Crippen LogP contribution >= 0.6 is 0 Å². The predicted molar refractivity (Wildman–Crippen MR) is 161 cm³/mol. The minimum atomic E-state index is -0.195. The van der Waals surface area contributed by atoms with Gasteiger partial charge in [-0.25, -0.2) is 0 Å². The maximum atomic E-state index is 10.7. The van der Waals surface area contributed by atoms with Crippen molar-refractivity contribution >= 4 is 10.8 Å². The van der Waals surface area contributed by atoms with E-state index in [0.29, 0.717) is 5.75 Å². The molecule has 2 nitrogen and oxygen atoms in total. The molecule has 0 aromatic heterocycles. The van der Waals surface area contributed by atoms with Gasteiger partial charge in [-0.2, -0.15) is 0 Å². The summed E-state index contributed by atoms with van der Waals surface area (Å²) in [6.07, 6.45) is 17.5. The number of phenols is 1. The molecule has 0 bridgehead atoms. The molecule has 3 rings (SSSR count). The monoisotopic (exact) mass is 506 g/mol. The van der Waals surface area contributed by atoms with E-state index in [1.807, 2.05) is 25.1 Å². The molecule has 1 aliphatic rings. The molecule has 0 saturated heterocycles. The van der Waals surface area contributed by atoms with Crippen LogP contribution < -0.4 is 4.74 Å². The van der Waals surface area contributed by atoms with E-state index in [-0.39, 0.29) is 5.60 Å². The van der Waals surface area contributed by atoms with Gasteiger partial charge in [0.2, 0.25) is 0 Å². The summed E-state index contributed by atoms with van der Waals surface area (Å²) < 4.78 is 6.71. The van der Waals surface area contributed by atoms with Crippen LogP contribution in [0.15, 0.2) is 35.9 Å². The number of benzene rings is 2. The first-order chi connectivity index (χ1) is 17.6. The topological polar surface area (TPSA) is 29.5 Å². The summed E-state index contributed by atoms with van der Waals surface area (Å²) in [4.78, 5) is 0. The van der Waals surface area contributed by atoms with Gasteiger partial charge < -0.3 is 9.84 Å². The molecule has 0 saturated carbocycles. The molecule has 1 unspecified atom stereocenters. The first kappa shape index (κ1) is 29.6. The average molecular weight is 507 g/mol. The zero-order chi connectivity index (χ0) is 27.0. The first-order valence-electron chi connectivity index (χ1n) is 15.2. The number of rotatable bonds is 14. The van der Waals surface area contributed by atoms with Crippen molar-refractivity contribution in [2.45, 2.75) is 131 Å². The van der Waals surface area contributed by atoms with Crippen molar-refractivity contribution in [3.63, 3.8) is 0 Å². The summed E-state index contributed by atoms with van der Waals surface area (Å²) in [5, 5.41) is 12.6. The van der Waals surface area contributed by atoms with Crippen LogP contribution in [0.3, 0.4) is 0 Å². The fraction of sp³-hybridized carbons (Fsp3) is 0.657. The van der Waals surface area contributed by atoms with Gasteiger partial charge in [0.1, 0.15) is 17.1 Å². The lowest BCUT2D eigenvalue weighted by atomic mass is 9.85. The third-order valence-electron chi connectivity index (χ3n) is 8.78. The molecule has 0 amide bonds. The van der Waals surface area contributed by atoms with Crippen LogP contribution in [0.2, 0.25) is 0 Å². The summed E-state index contributed by atoms with van der Waals surface area (Å²) in [6.45, 7) is 16.1. The second-order valence-electron chi connectivity index (χ2n) is 13.0. The Hall–Kier alpha value is -1.96. The number of hydrogen-bond acceptors (Lipinski definition) is 2. The maximum absolute atomic E-state index is 10.7. The van der Waals surface area contributed by atoms with Gasteiger partial charge in [-0.15, -0.1) is 0 Å². The van der Waals surface area contributed by atoms with Crippen molar-refractivity contribution in [3.05, 3.63) is 47.0 Å². The molecule has 0 aliphatic carbocycles. The van der Waals surface area contributed by atoms with E-state index in [1.165, 1.54) is 68.9 Å². The largest absolute Gasteiger partial charge is 0.507 e. The van der Waals surface area contributed by atoms with Crippen molar-refractivity contribution < 1.29 is 9.84 Å². The van der Waals surface area contributed by atoms with Crippen molar-refractivity contribution in [1.82, 2.24) is 0 Å². The van der Waals surface area contributed by atoms with E-state index in [9.17, 15) is 5.11 Å². The first-order valence-corrected chi connectivity index (χ1v) is 15.2. The standard InChI is InChI=1S/C35H54O2/c1-25(2)13-10-14-26(3)15-11-16-27(4)17-12-18-28(5)21-23-35(7)24-22-30-29(6)33(36)31-19-8-9-20-32(31)34(30)37-35/h8-9,19-21,25-27,36H,10-18,22-24H2,1-7H3/b28-21+/t26-,27-,35?/m1/s1. The number of allylic oxidation sites excluding steroid dienone is 1. The Morgan fingerprint density at radius 2 is 1.54 bits per heavy atom. The van der Waals surface area contributed by atoms with Gasteiger partial charge in [-0.1, -0.05) is 109 Å². The van der Waals surface area contributed by atoms with Crippen LogP contribution in [-0.2, 0) is 6.42 Å². The van der Waals surface area contributed by atoms with Gasteiger partial charge in [0.25, 0.3) is 0 Å². The third-order valence-corrected chi connectivity index (χ3v) is 8.78. The zero-order valence-corrected chi connectivity index (χ0v) is 25.0. The van der Waals surface area contributed by atoms with Gasteiger partial charge in [-0.3, -0.25) is 0 Å². The van der Waals surface area contributed by atoms with E-state index in [2.05, 4.69) is 53.7 Å². The molecule has 1 heterocycles. The summed E-state index contributed by atoms with van der Waals surface area (Å²) in [6, 6.07) is 8.09. The molecule has 3 atom stereocenters. The van der Waals surface area contributed by atoms with Crippen molar-refractivity contribution in [2.24, 2.45) is 17.8 Å². The molecule has 0 radical (unpaired) electrons. The van der Waals surface area contributed by atoms with Gasteiger partial charge >= 0.3 is 0 Å². The number of ether oxygens (including phenoxy) is 1. The SMILES string of the molecule is C/C(=C\CC1(C)CCc2c(C)c(O)c3ccccc3c2O1)CCC[C@H](C)CCC[C@H](C)CCCC(C)C. The van der Waals surface area contributed by atoms with E-state index < -0.39 is 0 Å². The molecule has 2 aromatic carbocycles. The number of phenolic OH excluding ortho intramolecular Hbond substituents is 1. The Balaban J connectivity index is 1.43. The summed E-state index contributed by atoms with van der Waals surface area (Å²) in [7, 11) is 0. The highest BCUT2D eigenvalue weighted by Crippen LogP contribution is 2.46. The Bertz CT molecular complexity index is 1030. The second-order valence-corrected chi connectivity index (χ2v) is 13.0. The molecule has 2 aromatic rings. The lowest BCUT2D eigenvalue weighted by molar-refractivity contribution is 0.0696. The Morgan fingerprint density at radius 1 is 0.946 bits per heavy atom. The van der Waals surface area contributed by atoms with E-state index in [4.69, 9.17) is 4.74 Å². The normalized spacial score (nSPS) is 19.6. The maximum Gasteiger partial charge on any atom is 0.131 e. The zero-order valence-electron chi connectivity index (χ0n) is 25.0. The van der Waals surface area contributed by atoms with Gasteiger partial charge in [0, 0.05) is 22.8 Å². The highest BCUT2D eigenvalue weighted by Gasteiger charge is 2.33. The minimum absolute atomic E-state index is 0.195. The van der Waals surface area contributed by atoms with Crippen LogP contribution in [0, 0.1) is 24.7 Å². The van der Waals surface area contributed by atoms with Crippen molar-refractivity contribution in [1.29, 1.82) is 0 Å². The average Bonchev–Trinajstić information content (AvgIpc) is 2.86. The lowest BCUT2D eigenvalue weighted by Gasteiger charge is -2.37. The van der Waals surface area contributed by atoms with Crippen molar-refractivity contribution in [2.75, 3.05) is 0 Å². The Labute approximate surface area is 227 Å². The van der Waals surface area contributed by atoms with Gasteiger partial charge in [0.15, 0.2) is 0 Å². The molecular formula is C35H54O2. The molecule has 2 heteroatoms. The summed E-state index contributed by atoms with van der Waals surface area (Å²) in [5.41, 5.74) is 3.44. The lowest BCUT2D eigenvalue weighted by Crippen LogP contribution is -2.36. The van der Waals surface area contributed by atoms with Crippen LogP contribution in [0.25, 0.3) is 10.8 Å². The minimum Gasteiger partial charge on any atom is -0.507 e. The second kappa shape index (κ2) is 13.7. The van der Waals surface area contributed by atoms with Crippen molar-refractivity contribution in [3.8, 4) is 11.5 Å². The van der Waals surface area contributed by atoms with E-state index in [0.717, 1.165) is 59.1 Å². The summed E-state index contributed by atoms with van der Waals surface area (Å²) in [5.74, 6) is 3.95. The number of hydrogen-bond donors (Lipinski definition) is 1. The van der Waals surface area contributed by atoms with E-state index in [1.54, 1.807) is 0 Å². The molecular weight excluding hydrogens is 452 g/mol. The fourth-order valence-corrected chi connectivity index (χ4v) is 6.01. The predicted octanol–water partition coefficient (Wildman–Crippen LogP) is 10.7. The molecule has 206 valence electrons. The number of fused-ring (bicyclic) bond motifs is 3. The molecule has 0 spiro atoms. The van der Waals surface area contributed by atoms with Gasteiger partial charge in [-0.05, 0) is 69.8 Å².